The summed E-state index contributed by atoms with van der Waals surface area (Å²) >= 11 is 0. The summed E-state index contributed by atoms with van der Waals surface area (Å²) in [6, 6.07) is 20.2. The number of aliphatic carboxylic acids is 1. The van der Waals surface area contributed by atoms with Crippen LogP contribution in [0.3, 0.4) is 0 Å². The summed E-state index contributed by atoms with van der Waals surface area (Å²) in [5.41, 5.74) is 1.26. The summed E-state index contributed by atoms with van der Waals surface area (Å²) in [5, 5.41) is 16.6. The molecule has 24 heavy (non-hydrogen) atoms. The van der Waals surface area contributed by atoms with E-state index in [0.717, 1.165) is 18.5 Å². The number of aryl methyl sites for hydroxylation is 1. The van der Waals surface area contributed by atoms with Gasteiger partial charge < -0.3 is 15.7 Å². The first-order valence-corrected chi connectivity index (χ1v) is 8.52. The molecule has 4 heteroatoms. The van der Waals surface area contributed by atoms with Gasteiger partial charge in [-0.1, -0.05) is 48.5 Å². The standard InChI is InChI=1S/C20H24N2O2/c23-19(24)20(22-17-9-5-2-6-10-17)13-14-21-18(15-20)12-11-16-7-3-1-4-8-16/h1-10,18,21-22H,11-15H2,(H,23,24). The summed E-state index contributed by atoms with van der Waals surface area (Å²) in [4.78, 5) is 12.0. The van der Waals surface area contributed by atoms with Crippen LogP contribution in [0.15, 0.2) is 60.7 Å². The van der Waals surface area contributed by atoms with Crippen LogP contribution in [-0.4, -0.2) is 29.2 Å². The molecule has 1 fully saturated rings. The molecule has 0 radical (unpaired) electrons. The summed E-state index contributed by atoms with van der Waals surface area (Å²) in [7, 11) is 0. The lowest BCUT2D eigenvalue weighted by Gasteiger charge is -2.39. The Morgan fingerprint density at radius 2 is 1.79 bits per heavy atom. The molecule has 1 aliphatic rings. The molecule has 126 valence electrons. The summed E-state index contributed by atoms with van der Waals surface area (Å²) in [6.07, 6.45) is 3.07. The van der Waals surface area contributed by atoms with E-state index in [1.165, 1.54) is 5.56 Å². The van der Waals surface area contributed by atoms with Crippen molar-refractivity contribution in [1.29, 1.82) is 0 Å². The molecular formula is C20H24N2O2. The number of carboxylic acid groups (broad SMARTS) is 1. The first-order chi connectivity index (χ1) is 11.7. The number of anilines is 1. The lowest BCUT2D eigenvalue weighted by atomic mass is 9.82. The topological polar surface area (TPSA) is 61.4 Å². The number of rotatable bonds is 6. The molecular weight excluding hydrogens is 300 g/mol. The van der Waals surface area contributed by atoms with Crippen molar-refractivity contribution in [2.45, 2.75) is 37.3 Å². The van der Waals surface area contributed by atoms with Gasteiger partial charge in [0.05, 0.1) is 0 Å². The van der Waals surface area contributed by atoms with Gasteiger partial charge in [-0.25, -0.2) is 4.79 Å². The van der Waals surface area contributed by atoms with Gasteiger partial charge in [0.15, 0.2) is 0 Å². The van der Waals surface area contributed by atoms with Crippen molar-refractivity contribution < 1.29 is 9.90 Å². The van der Waals surface area contributed by atoms with Crippen molar-refractivity contribution in [3.8, 4) is 0 Å². The van der Waals surface area contributed by atoms with Gasteiger partial charge >= 0.3 is 5.97 Å². The smallest absolute Gasteiger partial charge is 0.329 e. The summed E-state index contributed by atoms with van der Waals surface area (Å²) in [6.45, 7) is 0.714. The molecule has 2 aromatic carbocycles. The quantitative estimate of drug-likeness (QED) is 0.763. The van der Waals surface area contributed by atoms with E-state index in [1.54, 1.807) is 0 Å². The second-order valence-electron chi connectivity index (χ2n) is 6.51. The third-order valence-electron chi connectivity index (χ3n) is 4.77. The number of para-hydroxylation sites is 1. The number of carboxylic acids is 1. The Kier molecular flexibility index (Phi) is 5.16. The fourth-order valence-corrected chi connectivity index (χ4v) is 3.43. The van der Waals surface area contributed by atoms with Gasteiger partial charge in [0.2, 0.25) is 0 Å². The Hall–Kier alpha value is -2.33. The van der Waals surface area contributed by atoms with E-state index in [0.29, 0.717) is 19.4 Å². The predicted octanol–water partition coefficient (Wildman–Crippen LogP) is 3.31. The Labute approximate surface area is 142 Å². The van der Waals surface area contributed by atoms with Crippen molar-refractivity contribution in [3.63, 3.8) is 0 Å². The van der Waals surface area contributed by atoms with Crippen molar-refractivity contribution >= 4 is 11.7 Å². The van der Waals surface area contributed by atoms with Crippen molar-refractivity contribution in [3.05, 3.63) is 66.2 Å². The van der Waals surface area contributed by atoms with Crippen molar-refractivity contribution in [2.75, 3.05) is 11.9 Å². The zero-order valence-electron chi connectivity index (χ0n) is 13.7. The molecule has 1 saturated heterocycles. The van der Waals surface area contributed by atoms with E-state index in [1.807, 2.05) is 48.5 Å². The van der Waals surface area contributed by atoms with Crippen LogP contribution in [0.4, 0.5) is 5.69 Å². The largest absolute Gasteiger partial charge is 0.480 e. The molecule has 0 bridgehead atoms. The summed E-state index contributed by atoms with van der Waals surface area (Å²) < 4.78 is 0. The van der Waals surface area contributed by atoms with Crippen LogP contribution < -0.4 is 10.6 Å². The third-order valence-corrected chi connectivity index (χ3v) is 4.77. The Morgan fingerprint density at radius 1 is 1.12 bits per heavy atom. The van der Waals surface area contributed by atoms with Gasteiger partial charge in [-0.05, 0) is 49.9 Å². The minimum Gasteiger partial charge on any atom is -0.480 e. The van der Waals surface area contributed by atoms with Crippen LogP contribution in [0.5, 0.6) is 0 Å². The highest BCUT2D eigenvalue weighted by Crippen LogP contribution is 2.28. The molecule has 0 saturated carbocycles. The molecule has 2 atom stereocenters. The first-order valence-electron chi connectivity index (χ1n) is 8.52. The van der Waals surface area contributed by atoms with Gasteiger partial charge in [0.25, 0.3) is 0 Å². The SMILES string of the molecule is O=C(O)C1(Nc2ccccc2)CCNC(CCc2ccccc2)C1. The van der Waals surface area contributed by atoms with Crippen molar-refractivity contribution in [1.82, 2.24) is 5.32 Å². The van der Waals surface area contributed by atoms with Gasteiger partial charge in [0, 0.05) is 11.7 Å². The highest BCUT2D eigenvalue weighted by Gasteiger charge is 2.42. The number of hydrogen-bond donors (Lipinski definition) is 3. The zero-order valence-corrected chi connectivity index (χ0v) is 13.7. The maximum atomic E-state index is 12.0. The normalized spacial score (nSPS) is 23.6. The average molecular weight is 324 g/mol. The molecule has 0 spiro atoms. The molecule has 0 aromatic heterocycles. The van der Waals surface area contributed by atoms with Gasteiger partial charge in [-0.15, -0.1) is 0 Å². The van der Waals surface area contributed by atoms with E-state index in [2.05, 4.69) is 22.8 Å². The first kappa shape index (κ1) is 16.5. The second kappa shape index (κ2) is 7.49. The minimum atomic E-state index is -0.895. The molecule has 3 N–H and O–H groups in total. The molecule has 1 heterocycles. The molecule has 3 rings (SSSR count). The average Bonchev–Trinajstić information content (AvgIpc) is 2.62. The van der Waals surface area contributed by atoms with Gasteiger partial charge in [-0.2, -0.15) is 0 Å². The highest BCUT2D eigenvalue weighted by molar-refractivity contribution is 5.83. The number of benzene rings is 2. The Balaban J connectivity index is 1.67. The van der Waals surface area contributed by atoms with Crippen LogP contribution in [0.2, 0.25) is 0 Å². The lowest BCUT2D eigenvalue weighted by molar-refractivity contribution is -0.143. The molecule has 0 amide bonds. The molecule has 2 aromatic rings. The van der Waals surface area contributed by atoms with Crippen LogP contribution in [0.25, 0.3) is 0 Å². The fourth-order valence-electron chi connectivity index (χ4n) is 3.43. The van der Waals surface area contributed by atoms with Crippen LogP contribution >= 0.6 is 0 Å². The van der Waals surface area contributed by atoms with E-state index >= 15 is 0 Å². The van der Waals surface area contributed by atoms with Crippen LogP contribution in [-0.2, 0) is 11.2 Å². The summed E-state index contributed by atoms with van der Waals surface area (Å²) in [5.74, 6) is -0.766. The molecule has 1 aliphatic heterocycles. The minimum absolute atomic E-state index is 0.200. The fraction of sp³-hybridized carbons (Fsp3) is 0.350. The number of carbonyl (C=O) groups is 1. The molecule has 4 nitrogen and oxygen atoms in total. The number of piperidine rings is 1. The van der Waals surface area contributed by atoms with Gasteiger partial charge in [-0.3, -0.25) is 0 Å². The Morgan fingerprint density at radius 3 is 2.46 bits per heavy atom. The van der Waals surface area contributed by atoms with E-state index in [9.17, 15) is 9.90 Å². The molecule has 0 aliphatic carbocycles. The number of hydrogen-bond acceptors (Lipinski definition) is 3. The highest BCUT2D eigenvalue weighted by atomic mass is 16.4. The maximum Gasteiger partial charge on any atom is 0.329 e. The van der Waals surface area contributed by atoms with Crippen LogP contribution in [0, 0.1) is 0 Å². The van der Waals surface area contributed by atoms with Crippen LogP contribution in [0.1, 0.15) is 24.8 Å². The maximum absolute atomic E-state index is 12.0. The second-order valence-corrected chi connectivity index (χ2v) is 6.51. The van der Waals surface area contributed by atoms with E-state index < -0.39 is 11.5 Å². The van der Waals surface area contributed by atoms with E-state index in [4.69, 9.17) is 0 Å². The third kappa shape index (κ3) is 3.95. The van der Waals surface area contributed by atoms with Crippen molar-refractivity contribution in [2.24, 2.45) is 0 Å². The predicted molar refractivity (Wildman–Crippen MR) is 96.2 cm³/mol. The Bertz CT molecular complexity index is 660. The zero-order chi connectivity index (χ0) is 16.8. The lowest BCUT2D eigenvalue weighted by Crippen LogP contribution is -2.57. The van der Waals surface area contributed by atoms with E-state index in [-0.39, 0.29) is 6.04 Å². The monoisotopic (exact) mass is 324 g/mol. The molecule has 2 unspecified atom stereocenters. The van der Waals surface area contributed by atoms with Gasteiger partial charge in [0.1, 0.15) is 5.54 Å². The number of nitrogens with one attached hydrogen (secondary N) is 2.